The second kappa shape index (κ2) is 8.55. The Kier molecular flexibility index (Phi) is 7.06. The van der Waals surface area contributed by atoms with E-state index in [1.165, 1.54) is 6.20 Å². The van der Waals surface area contributed by atoms with Gasteiger partial charge in [-0.25, -0.2) is 4.79 Å². The maximum Gasteiger partial charge on any atom is 0.340 e. The Labute approximate surface area is 141 Å². The van der Waals surface area contributed by atoms with Gasteiger partial charge in [0.2, 0.25) is 0 Å². The number of carbonyl (C=O) groups excluding carboxylic acids is 1. The van der Waals surface area contributed by atoms with Gasteiger partial charge in [0, 0.05) is 23.5 Å². The average Bonchev–Trinajstić information content (AvgIpc) is 2.53. The molecule has 0 aliphatic heterocycles. The Bertz CT molecular complexity index is 691. The molecule has 126 valence electrons. The summed E-state index contributed by atoms with van der Waals surface area (Å²) in [5.41, 5.74) is 6.82. The smallest absolute Gasteiger partial charge is 0.340 e. The molecule has 1 aromatic heterocycles. The molecule has 7 heteroatoms. The van der Waals surface area contributed by atoms with Crippen LogP contribution in [0.15, 0.2) is 18.3 Å². The molecule has 2 N–H and O–H groups in total. The van der Waals surface area contributed by atoms with Crippen LogP contribution in [-0.4, -0.2) is 31.3 Å². The van der Waals surface area contributed by atoms with E-state index >= 15 is 0 Å². The van der Waals surface area contributed by atoms with E-state index in [1.807, 2.05) is 6.92 Å². The molecule has 1 aromatic carbocycles. The summed E-state index contributed by atoms with van der Waals surface area (Å²) in [6.45, 7) is 4.71. The van der Waals surface area contributed by atoms with Crippen molar-refractivity contribution in [3.8, 4) is 11.5 Å². The zero-order chi connectivity index (χ0) is 16.1. The fourth-order valence-electron chi connectivity index (χ4n) is 2.27. The quantitative estimate of drug-likeness (QED) is 0.814. The van der Waals surface area contributed by atoms with E-state index in [9.17, 15) is 4.79 Å². The summed E-state index contributed by atoms with van der Waals surface area (Å²) >= 11 is 0. The van der Waals surface area contributed by atoms with Gasteiger partial charge in [0.1, 0.15) is 0 Å². The molecule has 0 aliphatic rings. The van der Waals surface area contributed by atoms with Gasteiger partial charge in [-0.15, -0.1) is 12.4 Å². The van der Waals surface area contributed by atoms with Crippen LogP contribution in [-0.2, 0) is 11.3 Å². The van der Waals surface area contributed by atoms with Crippen molar-refractivity contribution < 1.29 is 19.0 Å². The fraction of sp³-hybridized carbons (Fsp3) is 0.375. The number of carbonyl (C=O) groups is 1. The number of pyridine rings is 1. The highest BCUT2D eigenvalue weighted by Gasteiger charge is 2.17. The summed E-state index contributed by atoms with van der Waals surface area (Å²) in [7, 11) is 1.55. The summed E-state index contributed by atoms with van der Waals surface area (Å²) in [4.78, 5) is 16.4. The monoisotopic (exact) mass is 340 g/mol. The number of nitrogens with zero attached hydrogens (tertiary/aromatic N) is 1. The van der Waals surface area contributed by atoms with Crippen molar-refractivity contribution in [3.63, 3.8) is 0 Å². The number of fused-ring (bicyclic) bond motifs is 1. The standard InChI is InChI=1S/C16H20N2O4.ClH/c1-4-21-15-7-11-10(6-14(15)20-3)12(16(19)22-5-2)9-18-13(11)8-17;/h6-7,9H,4-5,8,17H2,1-3H3;1H. The summed E-state index contributed by atoms with van der Waals surface area (Å²) in [5, 5.41) is 1.45. The minimum atomic E-state index is -0.421. The molecule has 2 aromatic rings. The van der Waals surface area contributed by atoms with Crippen molar-refractivity contribution in [2.45, 2.75) is 20.4 Å². The maximum absolute atomic E-state index is 12.1. The van der Waals surface area contributed by atoms with Crippen LogP contribution in [0.4, 0.5) is 0 Å². The lowest BCUT2D eigenvalue weighted by Crippen LogP contribution is -2.09. The first kappa shape index (κ1) is 19.0. The molecule has 0 atom stereocenters. The number of rotatable bonds is 6. The number of hydrogen-bond acceptors (Lipinski definition) is 6. The first-order valence-corrected chi connectivity index (χ1v) is 7.15. The van der Waals surface area contributed by atoms with Crippen LogP contribution in [0.25, 0.3) is 10.8 Å². The molecule has 0 saturated carbocycles. The van der Waals surface area contributed by atoms with Crippen molar-refractivity contribution in [2.24, 2.45) is 5.73 Å². The van der Waals surface area contributed by atoms with Gasteiger partial charge in [0.25, 0.3) is 0 Å². The fourth-order valence-corrected chi connectivity index (χ4v) is 2.27. The van der Waals surface area contributed by atoms with Gasteiger partial charge in [-0.2, -0.15) is 0 Å². The van der Waals surface area contributed by atoms with Crippen LogP contribution in [0.3, 0.4) is 0 Å². The molecule has 0 unspecified atom stereocenters. The average molecular weight is 341 g/mol. The van der Waals surface area contributed by atoms with Crippen LogP contribution in [0.2, 0.25) is 0 Å². The number of hydrogen-bond donors (Lipinski definition) is 1. The highest BCUT2D eigenvalue weighted by molar-refractivity contribution is 6.05. The third-order valence-corrected chi connectivity index (χ3v) is 3.24. The third-order valence-electron chi connectivity index (χ3n) is 3.24. The number of ether oxygens (including phenoxy) is 3. The molecule has 6 nitrogen and oxygen atoms in total. The molecule has 0 saturated heterocycles. The zero-order valence-corrected chi connectivity index (χ0v) is 14.2. The highest BCUT2D eigenvalue weighted by atomic mass is 35.5. The first-order chi connectivity index (χ1) is 10.7. The number of esters is 1. The number of benzene rings is 1. The molecular weight excluding hydrogens is 320 g/mol. The lowest BCUT2D eigenvalue weighted by Gasteiger charge is -2.14. The third kappa shape index (κ3) is 3.83. The summed E-state index contributed by atoms with van der Waals surface area (Å²) in [5.74, 6) is 0.721. The molecule has 0 aliphatic carbocycles. The number of halogens is 1. The van der Waals surface area contributed by atoms with E-state index in [4.69, 9.17) is 19.9 Å². The van der Waals surface area contributed by atoms with E-state index in [1.54, 1.807) is 26.2 Å². The van der Waals surface area contributed by atoms with Crippen molar-refractivity contribution in [1.29, 1.82) is 0 Å². The topological polar surface area (TPSA) is 83.7 Å². The summed E-state index contributed by atoms with van der Waals surface area (Å²) < 4.78 is 16.0. The maximum atomic E-state index is 12.1. The number of methoxy groups -OCH3 is 1. The molecule has 2 rings (SSSR count). The predicted octanol–water partition coefficient (Wildman–Crippen LogP) is 2.70. The van der Waals surface area contributed by atoms with E-state index in [0.717, 1.165) is 5.39 Å². The van der Waals surface area contributed by atoms with Crippen molar-refractivity contribution >= 4 is 29.1 Å². The van der Waals surface area contributed by atoms with Crippen molar-refractivity contribution in [3.05, 3.63) is 29.6 Å². The second-order valence-electron chi connectivity index (χ2n) is 4.52. The minimum absolute atomic E-state index is 0. The van der Waals surface area contributed by atoms with E-state index in [-0.39, 0.29) is 19.0 Å². The van der Waals surface area contributed by atoms with E-state index < -0.39 is 5.97 Å². The van der Waals surface area contributed by atoms with Gasteiger partial charge in [-0.1, -0.05) is 0 Å². The van der Waals surface area contributed by atoms with Gasteiger partial charge >= 0.3 is 5.97 Å². The zero-order valence-electron chi connectivity index (χ0n) is 13.4. The first-order valence-electron chi connectivity index (χ1n) is 7.15. The molecular formula is C16H21ClN2O4. The molecule has 0 fully saturated rings. The Morgan fingerprint density at radius 1 is 1.17 bits per heavy atom. The highest BCUT2D eigenvalue weighted by Crippen LogP contribution is 2.35. The molecule has 0 bridgehead atoms. The summed E-state index contributed by atoms with van der Waals surface area (Å²) in [6.07, 6.45) is 1.49. The van der Waals surface area contributed by atoms with Gasteiger partial charge in [0.15, 0.2) is 11.5 Å². The Hall–Kier alpha value is -2.05. The number of nitrogens with two attached hydrogens (primary N) is 1. The Morgan fingerprint density at radius 2 is 1.87 bits per heavy atom. The van der Waals surface area contributed by atoms with Crippen molar-refractivity contribution in [2.75, 3.05) is 20.3 Å². The molecule has 23 heavy (non-hydrogen) atoms. The largest absolute Gasteiger partial charge is 0.493 e. The molecule has 0 spiro atoms. The van der Waals surface area contributed by atoms with E-state index in [2.05, 4.69) is 4.98 Å². The van der Waals surface area contributed by atoms with Gasteiger partial charge in [0.05, 0.1) is 31.6 Å². The van der Waals surface area contributed by atoms with Crippen LogP contribution in [0.1, 0.15) is 29.9 Å². The predicted molar refractivity (Wildman–Crippen MR) is 90.6 cm³/mol. The second-order valence-corrected chi connectivity index (χ2v) is 4.52. The Balaban J connectivity index is 0.00000264. The van der Waals surface area contributed by atoms with Crippen LogP contribution in [0, 0.1) is 0 Å². The molecule has 0 amide bonds. The van der Waals surface area contributed by atoms with Crippen LogP contribution < -0.4 is 15.2 Å². The van der Waals surface area contributed by atoms with Crippen LogP contribution in [0.5, 0.6) is 11.5 Å². The van der Waals surface area contributed by atoms with Crippen LogP contribution >= 0.6 is 12.4 Å². The molecule has 1 heterocycles. The van der Waals surface area contributed by atoms with Gasteiger partial charge in [-0.05, 0) is 26.0 Å². The Morgan fingerprint density at radius 3 is 2.43 bits per heavy atom. The lowest BCUT2D eigenvalue weighted by atomic mass is 10.0. The summed E-state index contributed by atoms with van der Waals surface area (Å²) in [6, 6.07) is 3.56. The van der Waals surface area contributed by atoms with Gasteiger partial charge in [-0.3, -0.25) is 4.98 Å². The lowest BCUT2D eigenvalue weighted by molar-refractivity contribution is 0.0528. The van der Waals surface area contributed by atoms with Crippen molar-refractivity contribution in [1.82, 2.24) is 4.98 Å². The minimum Gasteiger partial charge on any atom is -0.493 e. The normalized spacial score (nSPS) is 10.1. The molecule has 0 radical (unpaired) electrons. The van der Waals surface area contributed by atoms with Gasteiger partial charge < -0.3 is 19.9 Å². The van der Waals surface area contributed by atoms with E-state index in [0.29, 0.717) is 41.4 Å². The SMILES string of the molecule is CCOC(=O)c1cnc(CN)c2cc(OCC)c(OC)cc12.Cl. The number of aromatic nitrogens is 1.